The molecule has 7 heteroatoms. The van der Waals surface area contributed by atoms with E-state index in [-0.39, 0.29) is 18.0 Å². The van der Waals surface area contributed by atoms with Crippen molar-refractivity contribution in [2.24, 2.45) is 0 Å². The van der Waals surface area contributed by atoms with E-state index in [0.29, 0.717) is 34.9 Å². The third-order valence-corrected chi connectivity index (χ3v) is 3.90. The monoisotopic (exact) mass is 324 g/mol. The quantitative estimate of drug-likeness (QED) is 0.472. The Kier molecular flexibility index (Phi) is 6.26. The average molecular weight is 325 g/mol. The number of halogens is 2. The molecule has 0 heterocycles. The van der Waals surface area contributed by atoms with Crippen molar-refractivity contribution in [3.05, 3.63) is 33.8 Å². The molecule has 0 spiro atoms. The average Bonchev–Trinajstić information content (AvgIpc) is 2.30. The first-order valence-electron chi connectivity index (χ1n) is 5.73. The van der Waals surface area contributed by atoms with Crippen LogP contribution < -0.4 is 0 Å². The van der Waals surface area contributed by atoms with E-state index in [1.807, 2.05) is 0 Å². The Hall–Kier alpha value is -0.620. The number of benzene rings is 1. The SMILES string of the molecule is O=C(CCCCCS(=O)(=O)O)c1cc(Cl)ccc1Cl. The van der Waals surface area contributed by atoms with Gasteiger partial charge in [0, 0.05) is 17.0 Å². The van der Waals surface area contributed by atoms with Crippen LogP contribution in [0.25, 0.3) is 0 Å². The molecule has 0 unspecified atom stereocenters. The van der Waals surface area contributed by atoms with Gasteiger partial charge in [0.05, 0.1) is 10.8 Å². The van der Waals surface area contributed by atoms with Crippen LogP contribution in [0.2, 0.25) is 10.0 Å². The van der Waals surface area contributed by atoms with Crippen molar-refractivity contribution in [3.63, 3.8) is 0 Å². The number of unbranched alkanes of at least 4 members (excludes halogenated alkanes) is 2. The van der Waals surface area contributed by atoms with Gasteiger partial charge >= 0.3 is 0 Å². The van der Waals surface area contributed by atoms with Gasteiger partial charge in [-0.2, -0.15) is 8.42 Å². The van der Waals surface area contributed by atoms with Crippen molar-refractivity contribution in [1.29, 1.82) is 0 Å². The number of Topliss-reactive ketones (excluding diaryl/α,β-unsaturated/α-hetero) is 1. The molecule has 0 aliphatic heterocycles. The van der Waals surface area contributed by atoms with Crippen molar-refractivity contribution in [2.45, 2.75) is 25.7 Å². The zero-order valence-electron chi connectivity index (χ0n) is 10.1. The fraction of sp³-hybridized carbons (Fsp3) is 0.417. The topological polar surface area (TPSA) is 71.4 Å². The van der Waals surface area contributed by atoms with Crippen molar-refractivity contribution in [2.75, 3.05) is 5.75 Å². The lowest BCUT2D eigenvalue weighted by Crippen LogP contribution is -2.04. The van der Waals surface area contributed by atoms with Crippen LogP contribution in [0.15, 0.2) is 18.2 Å². The molecule has 0 radical (unpaired) electrons. The van der Waals surface area contributed by atoms with Gasteiger partial charge in [-0.15, -0.1) is 0 Å². The maximum atomic E-state index is 11.9. The van der Waals surface area contributed by atoms with E-state index in [9.17, 15) is 13.2 Å². The Labute approximate surface area is 122 Å². The molecule has 4 nitrogen and oxygen atoms in total. The summed E-state index contributed by atoms with van der Waals surface area (Å²) >= 11 is 11.7. The number of carbonyl (C=O) groups is 1. The zero-order chi connectivity index (χ0) is 14.5. The Bertz CT molecular complexity index is 555. The molecule has 0 fully saturated rings. The van der Waals surface area contributed by atoms with Crippen LogP contribution in [0.3, 0.4) is 0 Å². The van der Waals surface area contributed by atoms with E-state index in [4.69, 9.17) is 27.8 Å². The highest BCUT2D eigenvalue weighted by Gasteiger charge is 2.11. The molecule has 0 aliphatic carbocycles. The summed E-state index contributed by atoms with van der Waals surface area (Å²) in [6.45, 7) is 0. The molecule has 19 heavy (non-hydrogen) atoms. The minimum absolute atomic E-state index is 0.126. The lowest BCUT2D eigenvalue weighted by Gasteiger charge is -2.04. The third kappa shape index (κ3) is 6.38. The number of ketones is 1. The van der Waals surface area contributed by atoms with E-state index in [1.165, 1.54) is 6.07 Å². The van der Waals surface area contributed by atoms with Gasteiger partial charge in [0.15, 0.2) is 5.78 Å². The van der Waals surface area contributed by atoms with Crippen LogP contribution in [0.5, 0.6) is 0 Å². The fourth-order valence-electron chi connectivity index (χ4n) is 1.59. The van der Waals surface area contributed by atoms with Gasteiger partial charge < -0.3 is 0 Å². The standard InChI is InChI=1S/C12H14Cl2O4S/c13-9-5-6-11(14)10(8-9)12(15)4-2-1-3-7-19(16,17)18/h5-6,8H,1-4,7H2,(H,16,17,18). The lowest BCUT2D eigenvalue weighted by atomic mass is 10.0. The third-order valence-electron chi connectivity index (χ3n) is 2.53. The number of hydrogen-bond donors (Lipinski definition) is 1. The highest BCUT2D eigenvalue weighted by Crippen LogP contribution is 2.22. The van der Waals surface area contributed by atoms with Crippen LogP contribution in [0, 0.1) is 0 Å². The zero-order valence-corrected chi connectivity index (χ0v) is 12.4. The van der Waals surface area contributed by atoms with Gasteiger partial charge in [0.25, 0.3) is 10.1 Å². The molecule has 0 bridgehead atoms. The smallest absolute Gasteiger partial charge is 0.264 e. The second-order valence-electron chi connectivity index (χ2n) is 4.14. The number of rotatable bonds is 7. The van der Waals surface area contributed by atoms with E-state index in [0.717, 1.165) is 0 Å². The van der Waals surface area contributed by atoms with E-state index in [2.05, 4.69) is 0 Å². The summed E-state index contributed by atoms with van der Waals surface area (Å²) < 4.78 is 29.5. The van der Waals surface area contributed by atoms with Crippen molar-refractivity contribution >= 4 is 39.1 Å². The first-order valence-corrected chi connectivity index (χ1v) is 8.09. The maximum absolute atomic E-state index is 11.9. The largest absolute Gasteiger partial charge is 0.294 e. The summed E-state index contributed by atoms with van der Waals surface area (Å²) in [5.74, 6) is -0.404. The summed E-state index contributed by atoms with van der Waals surface area (Å²) in [6.07, 6.45) is 1.68. The molecule has 0 amide bonds. The summed E-state index contributed by atoms with van der Waals surface area (Å²) in [5.41, 5.74) is 0.379. The van der Waals surface area contributed by atoms with Crippen molar-refractivity contribution in [1.82, 2.24) is 0 Å². The van der Waals surface area contributed by atoms with Crippen molar-refractivity contribution in [3.8, 4) is 0 Å². The number of carbonyl (C=O) groups excluding carboxylic acids is 1. The van der Waals surface area contributed by atoms with E-state index < -0.39 is 10.1 Å². The molecule has 0 atom stereocenters. The Balaban J connectivity index is 2.42. The second kappa shape index (κ2) is 7.24. The molecule has 0 aromatic heterocycles. The first-order chi connectivity index (χ1) is 8.79. The van der Waals surface area contributed by atoms with E-state index in [1.54, 1.807) is 12.1 Å². The molecule has 1 N–H and O–H groups in total. The molecule has 0 saturated carbocycles. The highest BCUT2D eigenvalue weighted by molar-refractivity contribution is 7.85. The molecule has 1 aromatic carbocycles. The van der Waals surface area contributed by atoms with Gasteiger partial charge in [0.1, 0.15) is 0 Å². The minimum atomic E-state index is -3.91. The Morgan fingerprint density at radius 2 is 1.84 bits per heavy atom. The highest BCUT2D eigenvalue weighted by atomic mass is 35.5. The lowest BCUT2D eigenvalue weighted by molar-refractivity contribution is 0.0979. The van der Waals surface area contributed by atoms with Crippen molar-refractivity contribution < 1.29 is 17.8 Å². The summed E-state index contributed by atoms with van der Waals surface area (Å²) in [5, 5.41) is 0.798. The van der Waals surface area contributed by atoms with Crippen LogP contribution in [0.4, 0.5) is 0 Å². The maximum Gasteiger partial charge on any atom is 0.264 e. The summed E-state index contributed by atoms with van der Waals surface area (Å²) in [4.78, 5) is 11.9. The van der Waals surface area contributed by atoms with Gasteiger partial charge in [-0.05, 0) is 31.0 Å². The summed E-state index contributed by atoms with van der Waals surface area (Å²) in [7, 11) is -3.91. The second-order valence-corrected chi connectivity index (χ2v) is 6.56. The Morgan fingerprint density at radius 3 is 2.47 bits per heavy atom. The molecule has 0 saturated heterocycles. The predicted octanol–water partition coefficient (Wildman–Crippen LogP) is 3.62. The summed E-state index contributed by atoms with van der Waals surface area (Å²) in [6, 6.07) is 4.69. The molecular formula is C12H14Cl2O4S. The molecular weight excluding hydrogens is 311 g/mol. The van der Waals surface area contributed by atoms with Crippen LogP contribution in [0.1, 0.15) is 36.0 Å². The van der Waals surface area contributed by atoms with Crippen LogP contribution >= 0.6 is 23.2 Å². The number of hydrogen-bond acceptors (Lipinski definition) is 3. The van der Waals surface area contributed by atoms with Crippen LogP contribution in [-0.4, -0.2) is 24.5 Å². The van der Waals surface area contributed by atoms with Gasteiger partial charge in [0.2, 0.25) is 0 Å². The van der Waals surface area contributed by atoms with Gasteiger partial charge in [-0.1, -0.05) is 29.6 Å². The van der Waals surface area contributed by atoms with Gasteiger partial charge in [-0.25, -0.2) is 0 Å². The first kappa shape index (κ1) is 16.4. The normalized spacial score (nSPS) is 11.5. The minimum Gasteiger partial charge on any atom is -0.294 e. The Morgan fingerprint density at radius 1 is 1.16 bits per heavy atom. The molecule has 1 aromatic rings. The molecule has 106 valence electrons. The van der Waals surface area contributed by atoms with Gasteiger partial charge in [-0.3, -0.25) is 9.35 Å². The molecule has 1 rings (SSSR count). The van der Waals surface area contributed by atoms with Crippen LogP contribution in [-0.2, 0) is 10.1 Å². The molecule has 0 aliphatic rings. The predicted molar refractivity (Wildman–Crippen MR) is 75.7 cm³/mol. The van der Waals surface area contributed by atoms with E-state index >= 15 is 0 Å². The fourth-order valence-corrected chi connectivity index (χ4v) is 2.56.